The van der Waals surface area contributed by atoms with E-state index in [-0.39, 0.29) is 16.7 Å². The van der Waals surface area contributed by atoms with Crippen LogP contribution in [0.2, 0.25) is 0 Å². The highest BCUT2D eigenvalue weighted by atomic mass is 16.5. The minimum atomic E-state index is -0.899. The van der Waals surface area contributed by atoms with Crippen molar-refractivity contribution in [3.8, 4) is 11.5 Å². The second kappa shape index (κ2) is 9.85. The van der Waals surface area contributed by atoms with E-state index in [1.165, 1.54) is 4.90 Å². The first-order valence-corrected chi connectivity index (χ1v) is 11.8. The van der Waals surface area contributed by atoms with Gasteiger partial charge in [0.2, 0.25) is 0 Å². The van der Waals surface area contributed by atoms with Crippen LogP contribution in [0.3, 0.4) is 0 Å². The van der Waals surface area contributed by atoms with Crippen LogP contribution in [0.15, 0.2) is 72.4 Å². The highest BCUT2D eigenvalue weighted by Gasteiger charge is 2.47. The Morgan fingerprint density at radius 3 is 2.36 bits per heavy atom. The van der Waals surface area contributed by atoms with Gasteiger partial charge in [0.1, 0.15) is 23.3 Å². The quantitative estimate of drug-likeness (QED) is 0.285. The van der Waals surface area contributed by atoms with Gasteiger partial charge in [-0.05, 0) is 66.9 Å². The number of methoxy groups -OCH3 is 1. The lowest BCUT2D eigenvalue weighted by molar-refractivity contribution is -0.132. The molecule has 1 fully saturated rings. The molecule has 0 spiro atoms. The fourth-order valence-electron chi connectivity index (χ4n) is 4.36. The molecule has 1 unspecified atom stereocenters. The van der Waals surface area contributed by atoms with E-state index >= 15 is 0 Å². The number of rotatable bonds is 6. The zero-order chi connectivity index (χ0) is 26.0. The zero-order valence-electron chi connectivity index (χ0n) is 21.1. The number of anilines is 1. The van der Waals surface area contributed by atoms with Gasteiger partial charge in [-0.2, -0.15) is 0 Å². The Bertz CT molecular complexity index is 1310. The normalized spacial score (nSPS) is 17.4. The predicted octanol–water partition coefficient (Wildman–Crippen LogP) is 5.41. The summed E-state index contributed by atoms with van der Waals surface area (Å²) in [6.07, 6.45) is 1.60. The van der Waals surface area contributed by atoms with Crippen molar-refractivity contribution in [2.75, 3.05) is 18.6 Å². The van der Waals surface area contributed by atoms with Crippen molar-refractivity contribution >= 4 is 23.1 Å². The molecule has 1 N–H and O–H groups in total. The Balaban J connectivity index is 1.91. The van der Waals surface area contributed by atoms with Crippen molar-refractivity contribution in [3.05, 3.63) is 89.3 Å². The molecule has 7 nitrogen and oxygen atoms in total. The van der Waals surface area contributed by atoms with Crippen molar-refractivity contribution in [1.82, 2.24) is 4.98 Å². The second-order valence-corrected chi connectivity index (χ2v) is 9.52. The fourth-order valence-corrected chi connectivity index (χ4v) is 4.36. The molecule has 1 aromatic heterocycles. The van der Waals surface area contributed by atoms with Crippen LogP contribution in [0.1, 0.15) is 50.6 Å². The summed E-state index contributed by atoms with van der Waals surface area (Å²) >= 11 is 0. The van der Waals surface area contributed by atoms with Crippen LogP contribution in [0.25, 0.3) is 5.76 Å². The maximum atomic E-state index is 13.4. The van der Waals surface area contributed by atoms with E-state index in [2.05, 4.69) is 4.98 Å². The number of aliphatic hydroxyl groups excluding tert-OH is 1. The van der Waals surface area contributed by atoms with E-state index in [4.69, 9.17) is 9.47 Å². The van der Waals surface area contributed by atoms with Crippen LogP contribution in [-0.4, -0.2) is 35.5 Å². The first kappa shape index (κ1) is 25.0. The second-order valence-electron chi connectivity index (χ2n) is 9.52. The van der Waals surface area contributed by atoms with E-state index in [0.29, 0.717) is 35.1 Å². The summed E-state index contributed by atoms with van der Waals surface area (Å²) in [7, 11) is 1.55. The Morgan fingerprint density at radius 2 is 1.78 bits per heavy atom. The standard InChI is InChI=1S/C29H30N2O5/c1-6-36-23-15-10-18(17-21(23)29(2,3)4)26(32)24-25(22-9-7-8-16-30-22)31(28(34)27(24)33)19-11-13-20(35-5)14-12-19/h7-17,25,32H,6H2,1-5H3/b26-24-. The fraction of sp³-hybridized carbons (Fsp3) is 0.276. The summed E-state index contributed by atoms with van der Waals surface area (Å²) in [5.41, 5.74) is 1.98. The largest absolute Gasteiger partial charge is 0.507 e. The Labute approximate surface area is 211 Å². The summed E-state index contributed by atoms with van der Waals surface area (Å²) in [6.45, 7) is 8.55. The van der Waals surface area contributed by atoms with Gasteiger partial charge in [0.15, 0.2) is 0 Å². The van der Waals surface area contributed by atoms with Gasteiger partial charge in [0.25, 0.3) is 11.7 Å². The van der Waals surface area contributed by atoms with Crippen molar-refractivity contribution in [2.24, 2.45) is 0 Å². The summed E-state index contributed by atoms with van der Waals surface area (Å²) < 4.78 is 11.0. The summed E-state index contributed by atoms with van der Waals surface area (Å²) in [5, 5.41) is 11.5. The average Bonchev–Trinajstić information content (AvgIpc) is 3.14. The SMILES string of the molecule is CCOc1ccc(/C(O)=C2/C(=O)C(=O)N(c3ccc(OC)cc3)C2c2ccccn2)cc1C(C)(C)C. The van der Waals surface area contributed by atoms with E-state index in [0.717, 1.165) is 5.56 Å². The summed E-state index contributed by atoms with van der Waals surface area (Å²) in [6, 6.07) is 16.5. The van der Waals surface area contributed by atoms with E-state index < -0.39 is 17.7 Å². The molecule has 7 heteroatoms. The first-order valence-electron chi connectivity index (χ1n) is 11.8. The number of aliphatic hydroxyl groups is 1. The molecule has 4 rings (SSSR count). The molecule has 2 heterocycles. The molecule has 2 aromatic carbocycles. The van der Waals surface area contributed by atoms with Gasteiger partial charge in [-0.3, -0.25) is 19.5 Å². The molecule has 1 aliphatic rings. The Kier molecular flexibility index (Phi) is 6.84. The number of ether oxygens (including phenoxy) is 2. The number of carbonyl (C=O) groups excluding carboxylic acids is 2. The van der Waals surface area contributed by atoms with Gasteiger partial charge in [-0.1, -0.05) is 26.8 Å². The summed E-state index contributed by atoms with van der Waals surface area (Å²) in [4.78, 5) is 32.5. The van der Waals surface area contributed by atoms with Crippen LogP contribution < -0.4 is 14.4 Å². The molecule has 0 radical (unpaired) electrons. The smallest absolute Gasteiger partial charge is 0.300 e. The highest BCUT2D eigenvalue weighted by molar-refractivity contribution is 6.51. The van der Waals surface area contributed by atoms with Gasteiger partial charge in [0.05, 0.1) is 25.0 Å². The third-order valence-corrected chi connectivity index (χ3v) is 6.12. The van der Waals surface area contributed by atoms with Crippen LogP contribution in [0.5, 0.6) is 11.5 Å². The van der Waals surface area contributed by atoms with Crippen LogP contribution in [0, 0.1) is 0 Å². The predicted molar refractivity (Wildman–Crippen MR) is 138 cm³/mol. The molecule has 0 saturated carbocycles. The minimum absolute atomic E-state index is 0.0152. The molecular formula is C29H30N2O5. The van der Waals surface area contributed by atoms with E-state index in [1.54, 1.807) is 67.9 Å². The number of aromatic nitrogens is 1. The van der Waals surface area contributed by atoms with Crippen molar-refractivity contribution in [3.63, 3.8) is 0 Å². The first-order chi connectivity index (χ1) is 17.2. The van der Waals surface area contributed by atoms with Crippen LogP contribution >= 0.6 is 0 Å². The lowest BCUT2D eigenvalue weighted by Crippen LogP contribution is -2.29. The van der Waals surface area contributed by atoms with Gasteiger partial charge in [-0.15, -0.1) is 0 Å². The highest BCUT2D eigenvalue weighted by Crippen LogP contribution is 2.42. The molecular weight excluding hydrogens is 456 g/mol. The van der Waals surface area contributed by atoms with Crippen molar-refractivity contribution in [1.29, 1.82) is 0 Å². The maximum Gasteiger partial charge on any atom is 0.300 e. The third kappa shape index (κ3) is 4.56. The zero-order valence-corrected chi connectivity index (χ0v) is 21.1. The molecule has 1 atom stereocenters. The number of hydrogen-bond acceptors (Lipinski definition) is 6. The monoisotopic (exact) mass is 486 g/mol. The Hall–Kier alpha value is -4.13. The molecule has 36 heavy (non-hydrogen) atoms. The molecule has 3 aromatic rings. The number of ketones is 1. The van der Waals surface area contributed by atoms with Gasteiger partial charge in [-0.25, -0.2) is 0 Å². The number of carbonyl (C=O) groups is 2. The molecule has 0 aliphatic carbocycles. The van der Waals surface area contributed by atoms with Gasteiger partial charge >= 0.3 is 0 Å². The van der Waals surface area contributed by atoms with Crippen molar-refractivity contribution in [2.45, 2.75) is 39.2 Å². The van der Waals surface area contributed by atoms with Crippen LogP contribution in [-0.2, 0) is 15.0 Å². The number of Topliss-reactive ketones (excluding diaryl/α,β-unsaturated/α-hetero) is 1. The van der Waals surface area contributed by atoms with E-state index in [1.807, 2.05) is 33.8 Å². The molecule has 1 amide bonds. The molecule has 186 valence electrons. The Morgan fingerprint density at radius 1 is 1.06 bits per heavy atom. The molecule has 0 bridgehead atoms. The van der Waals surface area contributed by atoms with E-state index in [9.17, 15) is 14.7 Å². The maximum absolute atomic E-state index is 13.4. The minimum Gasteiger partial charge on any atom is -0.507 e. The molecule has 1 saturated heterocycles. The number of nitrogens with zero attached hydrogens (tertiary/aromatic N) is 2. The number of pyridine rings is 1. The number of benzene rings is 2. The third-order valence-electron chi connectivity index (χ3n) is 6.12. The number of hydrogen-bond donors (Lipinski definition) is 1. The molecule has 1 aliphatic heterocycles. The lowest BCUT2D eigenvalue weighted by Gasteiger charge is -2.25. The topological polar surface area (TPSA) is 89.0 Å². The average molecular weight is 487 g/mol. The summed E-state index contributed by atoms with van der Waals surface area (Å²) in [5.74, 6) is -0.437. The number of amides is 1. The van der Waals surface area contributed by atoms with Crippen molar-refractivity contribution < 1.29 is 24.2 Å². The lowest BCUT2D eigenvalue weighted by atomic mass is 9.84. The van der Waals surface area contributed by atoms with Gasteiger partial charge in [0, 0.05) is 23.0 Å². The van der Waals surface area contributed by atoms with Gasteiger partial charge < -0.3 is 14.6 Å². The van der Waals surface area contributed by atoms with Crippen LogP contribution in [0.4, 0.5) is 5.69 Å².